The van der Waals surface area contributed by atoms with E-state index >= 15 is 0 Å². The molecule has 1 aromatic rings. The van der Waals surface area contributed by atoms with Gasteiger partial charge in [-0.2, -0.15) is 8.42 Å². The Morgan fingerprint density at radius 3 is 1.72 bits per heavy atom. The molecule has 0 aromatic heterocycles. The van der Waals surface area contributed by atoms with E-state index in [9.17, 15) is 21.6 Å². The summed E-state index contributed by atoms with van der Waals surface area (Å²) in [6.45, 7) is -1.25. The quantitative estimate of drug-likeness (QED) is 0.869. The molecule has 18 heavy (non-hydrogen) atoms. The third kappa shape index (κ3) is 13.0. The van der Waals surface area contributed by atoms with Crippen molar-refractivity contribution in [3.8, 4) is 0 Å². The minimum Gasteiger partial charge on any atom is -0.286 e. The van der Waals surface area contributed by atoms with Gasteiger partial charge in [-0.25, -0.2) is 0 Å². The van der Waals surface area contributed by atoms with E-state index in [0.29, 0.717) is 13.4 Å². The average Bonchev–Trinajstić information content (AvgIpc) is 2.32. The van der Waals surface area contributed by atoms with E-state index in [1.54, 1.807) is 24.3 Å². The monoisotopic (exact) mass is 286 g/mol. The largest absolute Gasteiger partial charge is 0.286 e. The number of hydrogen-bond donors (Lipinski definition) is 1. The lowest BCUT2D eigenvalue weighted by atomic mass is 10.0. The van der Waals surface area contributed by atoms with Crippen LogP contribution in [0.1, 0.15) is 11.5 Å². The second kappa shape index (κ2) is 11.0. The minimum absolute atomic E-state index is 0.500. The van der Waals surface area contributed by atoms with Crippen LogP contribution < -0.4 is 0 Å². The van der Waals surface area contributed by atoms with Crippen LogP contribution in [0.15, 0.2) is 30.3 Å². The molecule has 0 unspecified atom stereocenters. The second-order valence-corrected chi connectivity index (χ2v) is 4.62. The van der Waals surface area contributed by atoms with E-state index in [4.69, 9.17) is 4.55 Å². The van der Waals surface area contributed by atoms with Gasteiger partial charge in [-0.05, 0) is 5.56 Å². The maximum Gasteiger partial charge on any atom is 0.261 e. The molecule has 0 atom stereocenters. The fraction of sp³-hybridized carbons (Fsp3) is 0.455. The smallest absolute Gasteiger partial charge is 0.261 e. The van der Waals surface area contributed by atoms with Gasteiger partial charge in [-0.1, -0.05) is 30.3 Å². The van der Waals surface area contributed by atoms with Crippen LogP contribution in [0.4, 0.5) is 13.2 Å². The van der Waals surface area contributed by atoms with Gasteiger partial charge in [0, 0.05) is 5.92 Å². The lowest BCUT2D eigenvalue weighted by Crippen LogP contribution is -2.02. The first-order chi connectivity index (χ1) is 8.38. The summed E-state index contributed by atoms with van der Waals surface area (Å²) in [6.07, 6.45) is 0.715. The van der Waals surface area contributed by atoms with Crippen LogP contribution >= 0.6 is 0 Å². The molecular weight excluding hydrogens is 269 g/mol. The van der Waals surface area contributed by atoms with Crippen LogP contribution in [-0.2, 0) is 10.1 Å². The molecule has 1 N–H and O–H groups in total. The third-order valence-electron chi connectivity index (χ3n) is 1.64. The van der Waals surface area contributed by atoms with Gasteiger partial charge in [-0.3, -0.25) is 17.7 Å². The standard InChI is InChI=1S/C9H10F2.CH3F.CH4O3S/c10-6-9(7-11)8-4-2-1-3-5-8;1-2;1-5(2,3)4/h1-5,9H,6-7H2;1H3;1H3,(H,2,3,4). The first-order valence-electron chi connectivity index (χ1n) is 4.85. The average molecular weight is 286 g/mol. The summed E-state index contributed by atoms with van der Waals surface area (Å²) in [5.41, 5.74) is 0.734. The Bertz CT molecular complexity index is 370. The molecule has 0 aliphatic carbocycles. The Balaban J connectivity index is 0. The lowest BCUT2D eigenvalue weighted by Gasteiger charge is -2.07. The van der Waals surface area contributed by atoms with Gasteiger partial charge >= 0.3 is 0 Å². The van der Waals surface area contributed by atoms with Crippen LogP contribution in [0.2, 0.25) is 0 Å². The number of benzene rings is 1. The van der Waals surface area contributed by atoms with Crippen molar-refractivity contribution in [2.75, 3.05) is 26.8 Å². The molecule has 106 valence electrons. The fourth-order valence-corrected chi connectivity index (χ4v) is 0.945. The zero-order chi connectivity index (χ0) is 14.6. The summed E-state index contributed by atoms with van der Waals surface area (Å²) < 4.78 is 59.6. The van der Waals surface area contributed by atoms with Crippen LogP contribution in [0.25, 0.3) is 0 Å². The molecule has 7 heteroatoms. The highest BCUT2D eigenvalue weighted by Crippen LogP contribution is 2.15. The van der Waals surface area contributed by atoms with Crippen LogP contribution in [-0.4, -0.2) is 39.8 Å². The summed E-state index contributed by atoms with van der Waals surface area (Å²) in [5.74, 6) is -0.573. The van der Waals surface area contributed by atoms with Crippen LogP contribution in [0.5, 0.6) is 0 Å². The first-order valence-corrected chi connectivity index (χ1v) is 6.70. The normalized spacial score (nSPS) is 9.94. The van der Waals surface area contributed by atoms with E-state index in [2.05, 4.69) is 0 Å². The van der Waals surface area contributed by atoms with Gasteiger partial charge in [0.15, 0.2) is 0 Å². The van der Waals surface area contributed by atoms with Gasteiger partial charge in [0.1, 0.15) is 0 Å². The van der Waals surface area contributed by atoms with Crippen molar-refractivity contribution in [2.45, 2.75) is 5.92 Å². The minimum atomic E-state index is -3.67. The Morgan fingerprint density at radius 1 is 1.11 bits per heavy atom. The summed E-state index contributed by atoms with van der Waals surface area (Å²) >= 11 is 0. The molecule has 0 saturated carbocycles. The number of alkyl halides is 3. The molecule has 0 aliphatic heterocycles. The zero-order valence-corrected chi connectivity index (χ0v) is 11.0. The second-order valence-electron chi connectivity index (χ2n) is 3.15. The van der Waals surface area contributed by atoms with Crippen LogP contribution in [0.3, 0.4) is 0 Å². The zero-order valence-electron chi connectivity index (χ0n) is 10.2. The highest BCUT2D eigenvalue weighted by Gasteiger charge is 2.08. The van der Waals surface area contributed by atoms with Crippen molar-refractivity contribution in [1.29, 1.82) is 0 Å². The van der Waals surface area contributed by atoms with E-state index in [1.165, 1.54) is 0 Å². The number of rotatable bonds is 3. The Kier molecular flexibility index (Phi) is 11.8. The van der Waals surface area contributed by atoms with Crippen molar-refractivity contribution >= 4 is 10.1 Å². The van der Waals surface area contributed by atoms with E-state index < -0.39 is 29.4 Å². The molecule has 0 aliphatic rings. The van der Waals surface area contributed by atoms with Crippen molar-refractivity contribution in [3.63, 3.8) is 0 Å². The topological polar surface area (TPSA) is 54.4 Å². The lowest BCUT2D eigenvalue weighted by molar-refractivity contribution is 0.353. The maximum absolute atomic E-state index is 12.1. The molecule has 0 bridgehead atoms. The van der Waals surface area contributed by atoms with Crippen molar-refractivity contribution in [2.24, 2.45) is 0 Å². The molecule has 0 saturated heterocycles. The van der Waals surface area contributed by atoms with Gasteiger partial charge < -0.3 is 0 Å². The molecule has 0 fully saturated rings. The summed E-state index contributed by atoms with van der Waals surface area (Å²) in [7, 11) is -3.17. The summed E-state index contributed by atoms with van der Waals surface area (Å²) in [4.78, 5) is 0. The summed E-state index contributed by atoms with van der Waals surface area (Å²) in [6, 6.07) is 8.88. The molecular formula is C11H17F3O3S. The first kappa shape index (κ1) is 19.3. The predicted molar refractivity (Wildman–Crippen MR) is 65.6 cm³/mol. The van der Waals surface area contributed by atoms with Gasteiger partial charge in [0.2, 0.25) is 0 Å². The Morgan fingerprint density at radius 2 is 1.44 bits per heavy atom. The highest BCUT2D eigenvalue weighted by molar-refractivity contribution is 7.85. The molecule has 0 amide bonds. The van der Waals surface area contributed by atoms with Gasteiger partial charge in [0.05, 0.1) is 26.8 Å². The highest BCUT2D eigenvalue weighted by atomic mass is 32.2. The molecule has 0 heterocycles. The predicted octanol–water partition coefficient (Wildman–Crippen LogP) is 2.80. The van der Waals surface area contributed by atoms with Crippen molar-refractivity contribution in [3.05, 3.63) is 35.9 Å². The van der Waals surface area contributed by atoms with E-state index in [-0.39, 0.29) is 0 Å². The van der Waals surface area contributed by atoms with Crippen molar-refractivity contribution < 1.29 is 26.1 Å². The number of hydrogen-bond acceptors (Lipinski definition) is 2. The van der Waals surface area contributed by atoms with Crippen molar-refractivity contribution in [1.82, 2.24) is 0 Å². The molecule has 0 spiro atoms. The molecule has 0 radical (unpaired) electrons. The molecule has 1 aromatic carbocycles. The summed E-state index contributed by atoms with van der Waals surface area (Å²) in [5, 5.41) is 0. The SMILES string of the molecule is CF.CS(=O)(=O)O.FCC(CF)c1ccccc1. The van der Waals surface area contributed by atoms with E-state index in [0.717, 1.165) is 5.56 Å². The third-order valence-corrected chi connectivity index (χ3v) is 1.64. The van der Waals surface area contributed by atoms with E-state index in [1.807, 2.05) is 6.07 Å². The van der Waals surface area contributed by atoms with Gasteiger partial charge in [-0.15, -0.1) is 0 Å². The Labute approximate surface area is 105 Å². The molecule has 1 rings (SSSR count). The fourth-order valence-electron chi connectivity index (χ4n) is 0.945. The maximum atomic E-state index is 12.1. The number of halogens is 3. The molecule has 3 nitrogen and oxygen atoms in total. The van der Waals surface area contributed by atoms with Crippen LogP contribution in [0, 0.1) is 0 Å². The van der Waals surface area contributed by atoms with Gasteiger partial charge in [0.25, 0.3) is 10.1 Å². The Hall–Kier alpha value is -1.08.